The van der Waals surface area contributed by atoms with Gasteiger partial charge in [-0.1, -0.05) is 25.7 Å². The molecule has 2 nitrogen and oxygen atoms in total. The van der Waals surface area contributed by atoms with Gasteiger partial charge in [-0.3, -0.25) is 0 Å². The highest BCUT2D eigenvalue weighted by atomic mass is 32.2. The lowest BCUT2D eigenvalue weighted by Crippen LogP contribution is -2.43. The Morgan fingerprint density at radius 1 is 1.00 bits per heavy atom. The van der Waals surface area contributed by atoms with Crippen LogP contribution in [0.4, 0.5) is 0 Å². The predicted octanol–water partition coefficient (Wildman–Crippen LogP) is 2.37. The van der Waals surface area contributed by atoms with Gasteiger partial charge in [0.25, 0.3) is 0 Å². The second kappa shape index (κ2) is 6.27. The van der Waals surface area contributed by atoms with E-state index in [-0.39, 0.29) is 5.41 Å². The van der Waals surface area contributed by atoms with Gasteiger partial charge in [0.2, 0.25) is 0 Å². The molecular weight excluding hydrogens is 218 g/mol. The number of aliphatic hydroxyl groups is 1. The van der Waals surface area contributed by atoms with Crippen LogP contribution < -0.4 is 0 Å². The van der Waals surface area contributed by atoms with Crippen LogP contribution in [0.15, 0.2) is 0 Å². The normalized spacial score (nSPS) is 27.6. The van der Waals surface area contributed by atoms with Crippen molar-refractivity contribution in [2.24, 2.45) is 5.41 Å². The highest BCUT2D eigenvalue weighted by molar-refractivity contribution is 7.99. The average Bonchev–Trinajstić information content (AvgIpc) is 2.57. The lowest BCUT2D eigenvalue weighted by atomic mass is 9.80. The third kappa shape index (κ3) is 3.38. The van der Waals surface area contributed by atoms with Crippen molar-refractivity contribution in [3.63, 3.8) is 0 Å². The number of hydrogen-bond acceptors (Lipinski definition) is 3. The Morgan fingerprint density at radius 3 is 2.19 bits per heavy atom. The third-order valence-electron chi connectivity index (χ3n) is 4.16. The molecule has 1 N–H and O–H groups in total. The van der Waals surface area contributed by atoms with E-state index in [1.807, 2.05) is 0 Å². The Kier molecular flexibility index (Phi) is 4.98. The minimum absolute atomic E-state index is 0.235. The number of rotatable bonds is 3. The molecule has 1 aliphatic heterocycles. The van der Waals surface area contributed by atoms with Gasteiger partial charge in [0.05, 0.1) is 0 Å². The monoisotopic (exact) mass is 243 g/mol. The summed E-state index contributed by atoms with van der Waals surface area (Å²) in [6, 6.07) is 0. The Hall–Kier alpha value is 0.270. The maximum Gasteiger partial charge on any atom is 0.0499 e. The zero-order valence-electron chi connectivity index (χ0n) is 10.3. The summed E-state index contributed by atoms with van der Waals surface area (Å²) in [5.41, 5.74) is 0.235. The van der Waals surface area contributed by atoms with Crippen LogP contribution in [0.5, 0.6) is 0 Å². The maximum atomic E-state index is 9.77. The molecule has 0 radical (unpaired) electrons. The van der Waals surface area contributed by atoms with Crippen molar-refractivity contribution in [1.82, 2.24) is 4.90 Å². The van der Waals surface area contributed by atoms with E-state index >= 15 is 0 Å². The first-order valence-corrected chi connectivity index (χ1v) is 7.91. The van der Waals surface area contributed by atoms with Gasteiger partial charge in [0, 0.05) is 43.2 Å². The van der Waals surface area contributed by atoms with Gasteiger partial charge in [0.1, 0.15) is 0 Å². The van der Waals surface area contributed by atoms with Crippen LogP contribution in [0.2, 0.25) is 0 Å². The summed E-state index contributed by atoms with van der Waals surface area (Å²) in [5.74, 6) is 2.56. The van der Waals surface area contributed by atoms with E-state index in [4.69, 9.17) is 0 Å². The molecule has 0 aromatic heterocycles. The summed E-state index contributed by atoms with van der Waals surface area (Å²) < 4.78 is 0. The number of aliphatic hydroxyl groups excluding tert-OH is 1. The Bertz CT molecular complexity index is 196. The molecule has 0 aromatic carbocycles. The van der Waals surface area contributed by atoms with Crippen LogP contribution in [0.25, 0.3) is 0 Å². The Balaban J connectivity index is 1.90. The molecule has 16 heavy (non-hydrogen) atoms. The standard InChI is InChI=1S/C13H25NOS/c15-12-13(5-3-1-2-4-6-13)11-14-7-9-16-10-8-14/h15H,1-12H2. The fraction of sp³-hybridized carbons (Fsp3) is 1.00. The molecule has 3 heteroatoms. The second-order valence-electron chi connectivity index (χ2n) is 5.46. The first-order valence-electron chi connectivity index (χ1n) is 6.76. The van der Waals surface area contributed by atoms with Crippen LogP contribution in [0, 0.1) is 5.41 Å². The topological polar surface area (TPSA) is 23.5 Å². The molecule has 2 fully saturated rings. The molecular formula is C13H25NOS. The molecule has 2 rings (SSSR count). The van der Waals surface area contributed by atoms with Gasteiger partial charge >= 0.3 is 0 Å². The van der Waals surface area contributed by atoms with E-state index in [1.54, 1.807) is 0 Å². The maximum absolute atomic E-state index is 9.77. The van der Waals surface area contributed by atoms with Crippen LogP contribution >= 0.6 is 11.8 Å². The van der Waals surface area contributed by atoms with E-state index in [0.717, 1.165) is 6.54 Å². The highest BCUT2D eigenvalue weighted by Gasteiger charge is 2.32. The molecule has 0 atom stereocenters. The molecule has 0 amide bonds. The van der Waals surface area contributed by atoms with Crippen LogP contribution in [-0.2, 0) is 0 Å². The van der Waals surface area contributed by atoms with Crippen molar-refractivity contribution < 1.29 is 5.11 Å². The minimum Gasteiger partial charge on any atom is -0.396 e. The molecule has 2 aliphatic rings. The van der Waals surface area contributed by atoms with Crippen LogP contribution in [0.3, 0.4) is 0 Å². The summed E-state index contributed by atoms with van der Waals surface area (Å²) in [4.78, 5) is 2.58. The van der Waals surface area contributed by atoms with Gasteiger partial charge in [-0.2, -0.15) is 11.8 Å². The Labute approximate surface area is 104 Å². The van der Waals surface area contributed by atoms with Crippen molar-refractivity contribution in [1.29, 1.82) is 0 Å². The van der Waals surface area contributed by atoms with Crippen LogP contribution in [0.1, 0.15) is 38.5 Å². The first-order chi connectivity index (χ1) is 7.85. The largest absolute Gasteiger partial charge is 0.396 e. The van der Waals surface area contributed by atoms with Crippen molar-refractivity contribution in [2.45, 2.75) is 38.5 Å². The summed E-state index contributed by atoms with van der Waals surface area (Å²) in [6.45, 7) is 4.00. The van der Waals surface area contributed by atoms with Crippen LogP contribution in [-0.4, -0.2) is 47.8 Å². The molecule has 0 unspecified atom stereocenters. The predicted molar refractivity (Wildman–Crippen MR) is 71.0 cm³/mol. The minimum atomic E-state index is 0.235. The molecule has 1 saturated heterocycles. The SMILES string of the molecule is OCC1(CN2CCSCC2)CCCCCC1. The summed E-state index contributed by atoms with van der Waals surface area (Å²) in [5, 5.41) is 9.77. The zero-order valence-corrected chi connectivity index (χ0v) is 11.1. The van der Waals surface area contributed by atoms with Gasteiger partial charge in [-0.25, -0.2) is 0 Å². The molecule has 1 heterocycles. The molecule has 1 saturated carbocycles. The molecule has 0 bridgehead atoms. The fourth-order valence-electron chi connectivity index (χ4n) is 3.08. The van der Waals surface area contributed by atoms with E-state index in [0.29, 0.717) is 6.61 Å². The summed E-state index contributed by atoms with van der Waals surface area (Å²) in [6.07, 6.45) is 7.88. The molecule has 0 aromatic rings. The highest BCUT2D eigenvalue weighted by Crippen LogP contribution is 2.35. The fourth-order valence-corrected chi connectivity index (χ4v) is 4.06. The van der Waals surface area contributed by atoms with E-state index in [2.05, 4.69) is 16.7 Å². The van der Waals surface area contributed by atoms with Crippen molar-refractivity contribution in [3.8, 4) is 0 Å². The quantitative estimate of drug-likeness (QED) is 0.770. The zero-order chi connectivity index (χ0) is 11.3. The average molecular weight is 243 g/mol. The van der Waals surface area contributed by atoms with Gasteiger partial charge in [-0.15, -0.1) is 0 Å². The van der Waals surface area contributed by atoms with E-state index < -0.39 is 0 Å². The van der Waals surface area contributed by atoms with Crippen molar-refractivity contribution in [2.75, 3.05) is 37.7 Å². The van der Waals surface area contributed by atoms with E-state index in [9.17, 15) is 5.11 Å². The van der Waals surface area contributed by atoms with E-state index in [1.165, 1.54) is 63.1 Å². The molecule has 1 aliphatic carbocycles. The third-order valence-corrected chi connectivity index (χ3v) is 5.10. The second-order valence-corrected chi connectivity index (χ2v) is 6.69. The van der Waals surface area contributed by atoms with Gasteiger partial charge < -0.3 is 10.0 Å². The smallest absolute Gasteiger partial charge is 0.0499 e. The summed E-state index contributed by atoms with van der Waals surface area (Å²) in [7, 11) is 0. The molecule has 94 valence electrons. The summed E-state index contributed by atoms with van der Waals surface area (Å²) >= 11 is 2.07. The first kappa shape index (κ1) is 12.7. The molecule has 0 spiro atoms. The lowest BCUT2D eigenvalue weighted by Gasteiger charge is -2.38. The number of thioether (sulfide) groups is 1. The van der Waals surface area contributed by atoms with Crippen molar-refractivity contribution >= 4 is 11.8 Å². The lowest BCUT2D eigenvalue weighted by molar-refractivity contribution is 0.0631. The van der Waals surface area contributed by atoms with Gasteiger partial charge in [-0.05, 0) is 12.8 Å². The number of nitrogens with zero attached hydrogens (tertiary/aromatic N) is 1. The van der Waals surface area contributed by atoms with Gasteiger partial charge in [0.15, 0.2) is 0 Å². The number of hydrogen-bond donors (Lipinski definition) is 1. The van der Waals surface area contributed by atoms with Crippen molar-refractivity contribution in [3.05, 3.63) is 0 Å². The Morgan fingerprint density at radius 2 is 1.62 bits per heavy atom.